The molecule has 0 bridgehead atoms. The van der Waals surface area contributed by atoms with Gasteiger partial charge >= 0.3 is 0 Å². The molecule has 1 aromatic heterocycles. The van der Waals surface area contributed by atoms with Crippen molar-refractivity contribution in [2.75, 3.05) is 0 Å². The zero-order chi connectivity index (χ0) is 3.54. The Balaban J connectivity index is 0.000000250. The van der Waals surface area contributed by atoms with Gasteiger partial charge in [-0.3, -0.25) is 0 Å². The molecule has 34 valence electrons. The fourth-order valence-electron chi connectivity index (χ4n) is 0.129. The second-order valence-corrected chi connectivity index (χ2v) is 0.563. The summed E-state index contributed by atoms with van der Waals surface area (Å²) < 4.78 is 0. The first-order chi connectivity index (χ1) is 2.50. The van der Waals surface area contributed by atoms with Gasteiger partial charge in [0, 0.05) is 0 Å². The molecule has 4 nitrogen and oxygen atoms in total. The first-order valence-electron chi connectivity index (χ1n) is 1.17. The average Bonchev–Trinajstić information content (AvgIpc) is 1.76. The molecular formula is CH4N4S. The van der Waals surface area contributed by atoms with E-state index in [1.807, 2.05) is 0 Å². The molecular weight excluding hydrogens is 100 g/mol. The van der Waals surface area contributed by atoms with Gasteiger partial charge in [-0.05, 0) is 10.4 Å². The Bertz CT molecular complexity index is 64.0. The maximum atomic E-state index is 3.31. The Labute approximate surface area is 41.4 Å². The highest BCUT2D eigenvalue weighted by Gasteiger charge is 1.58. The molecule has 0 fully saturated rings. The number of nitrogens with zero attached hydrogens (tertiary/aromatic N) is 3. The van der Waals surface area contributed by atoms with E-state index in [-0.39, 0.29) is 13.5 Å². The Morgan fingerprint density at radius 3 is 2.50 bits per heavy atom. The highest BCUT2D eigenvalue weighted by molar-refractivity contribution is 7.59. The summed E-state index contributed by atoms with van der Waals surface area (Å²) in [5.41, 5.74) is 0. The summed E-state index contributed by atoms with van der Waals surface area (Å²) in [7, 11) is 0. The minimum atomic E-state index is 0. The molecule has 0 radical (unpaired) electrons. The summed E-state index contributed by atoms with van der Waals surface area (Å²) >= 11 is 0. The van der Waals surface area contributed by atoms with Crippen LogP contribution >= 0.6 is 13.5 Å². The summed E-state index contributed by atoms with van der Waals surface area (Å²) in [6, 6.07) is 0. The second kappa shape index (κ2) is 2.65. The average molecular weight is 104 g/mol. The summed E-state index contributed by atoms with van der Waals surface area (Å²) in [5, 5.41) is 12.1. The molecule has 1 N–H and O–H groups in total. The third-order valence-corrected chi connectivity index (χ3v) is 0.270. The number of aromatic amines is 1. The molecule has 0 unspecified atom stereocenters. The number of aromatic nitrogens is 4. The van der Waals surface area contributed by atoms with Gasteiger partial charge in [0.25, 0.3) is 0 Å². The van der Waals surface area contributed by atoms with Crippen LogP contribution in [0, 0.1) is 0 Å². The van der Waals surface area contributed by atoms with Crippen LogP contribution in [0.2, 0.25) is 0 Å². The van der Waals surface area contributed by atoms with Gasteiger partial charge in [0.2, 0.25) is 0 Å². The molecule has 0 aromatic carbocycles. The van der Waals surface area contributed by atoms with Crippen LogP contribution in [0.5, 0.6) is 0 Å². The lowest BCUT2D eigenvalue weighted by Gasteiger charge is -1.42. The molecule has 0 amide bonds. The van der Waals surface area contributed by atoms with E-state index in [1.54, 1.807) is 0 Å². The van der Waals surface area contributed by atoms with Crippen LogP contribution in [0.4, 0.5) is 0 Å². The molecule has 0 aliphatic rings. The highest BCUT2D eigenvalue weighted by atomic mass is 32.1. The summed E-state index contributed by atoms with van der Waals surface area (Å²) in [5.74, 6) is 0. The number of tetrazole rings is 1. The number of hydrogen-bond acceptors (Lipinski definition) is 3. The highest BCUT2D eigenvalue weighted by Crippen LogP contribution is 1.43. The summed E-state index contributed by atoms with van der Waals surface area (Å²) in [6.07, 6.45) is 1.40. The SMILES string of the molecule is S.c1nnn[nH]1. The molecule has 6 heavy (non-hydrogen) atoms. The van der Waals surface area contributed by atoms with E-state index in [0.29, 0.717) is 0 Å². The van der Waals surface area contributed by atoms with Gasteiger partial charge in [-0.2, -0.15) is 13.5 Å². The van der Waals surface area contributed by atoms with Gasteiger partial charge < -0.3 is 0 Å². The van der Waals surface area contributed by atoms with Gasteiger partial charge in [-0.15, -0.1) is 5.10 Å². The van der Waals surface area contributed by atoms with Crippen molar-refractivity contribution in [3.63, 3.8) is 0 Å². The summed E-state index contributed by atoms with van der Waals surface area (Å²) in [4.78, 5) is 0. The fourth-order valence-corrected chi connectivity index (χ4v) is 0.129. The minimum absolute atomic E-state index is 0. The fraction of sp³-hybridized carbons (Fsp3) is 0. The third-order valence-electron chi connectivity index (χ3n) is 0.270. The molecule has 0 saturated carbocycles. The predicted octanol–water partition coefficient (Wildman–Crippen LogP) is -0.688. The normalized spacial score (nSPS) is 6.67. The quantitative estimate of drug-likeness (QED) is 0.474. The molecule has 1 aromatic rings. The third kappa shape index (κ3) is 1.03. The monoisotopic (exact) mass is 104 g/mol. The predicted molar refractivity (Wildman–Crippen MR) is 24.6 cm³/mol. The summed E-state index contributed by atoms with van der Waals surface area (Å²) in [6.45, 7) is 0. The molecule has 0 aliphatic heterocycles. The number of hydrogen-bond donors (Lipinski definition) is 1. The smallest absolute Gasteiger partial charge is 0.135 e. The lowest BCUT2D eigenvalue weighted by Crippen LogP contribution is -1.64. The van der Waals surface area contributed by atoms with Crippen LogP contribution in [0.1, 0.15) is 0 Å². The van der Waals surface area contributed by atoms with Crippen LogP contribution in [0.25, 0.3) is 0 Å². The van der Waals surface area contributed by atoms with Crippen molar-refractivity contribution in [3.05, 3.63) is 6.33 Å². The number of rotatable bonds is 0. The van der Waals surface area contributed by atoms with Crippen molar-refractivity contribution in [3.8, 4) is 0 Å². The van der Waals surface area contributed by atoms with Gasteiger partial charge in [-0.1, -0.05) is 0 Å². The molecule has 1 rings (SSSR count). The van der Waals surface area contributed by atoms with Crippen molar-refractivity contribution >= 4 is 13.5 Å². The Morgan fingerprint density at radius 2 is 2.33 bits per heavy atom. The van der Waals surface area contributed by atoms with Gasteiger partial charge in [0.15, 0.2) is 0 Å². The van der Waals surface area contributed by atoms with Crippen molar-refractivity contribution in [1.82, 2.24) is 20.6 Å². The van der Waals surface area contributed by atoms with E-state index in [4.69, 9.17) is 0 Å². The minimum Gasteiger partial charge on any atom is -0.246 e. The van der Waals surface area contributed by atoms with E-state index >= 15 is 0 Å². The van der Waals surface area contributed by atoms with Crippen molar-refractivity contribution in [1.29, 1.82) is 0 Å². The van der Waals surface area contributed by atoms with Gasteiger partial charge in [0.1, 0.15) is 6.33 Å². The van der Waals surface area contributed by atoms with Crippen LogP contribution in [-0.4, -0.2) is 20.6 Å². The molecule has 0 aliphatic carbocycles. The van der Waals surface area contributed by atoms with Crippen LogP contribution in [-0.2, 0) is 0 Å². The van der Waals surface area contributed by atoms with E-state index in [1.165, 1.54) is 6.33 Å². The number of nitrogens with one attached hydrogen (secondary N) is 1. The largest absolute Gasteiger partial charge is 0.246 e. The van der Waals surface area contributed by atoms with Crippen molar-refractivity contribution in [2.45, 2.75) is 0 Å². The van der Waals surface area contributed by atoms with Crippen molar-refractivity contribution < 1.29 is 0 Å². The zero-order valence-electron chi connectivity index (χ0n) is 2.92. The zero-order valence-corrected chi connectivity index (χ0v) is 3.92. The second-order valence-electron chi connectivity index (χ2n) is 0.563. The van der Waals surface area contributed by atoms with Crippen molar-refractivity contribution in [2.24, 2.45) is 0 Å². The molecule has 0 spiro atoms. The maximum Gasteiger partial charge on any atom is 0.135 e. The maximum absolute atomic E-state index is 3.31. The molecule has 0 atom stereocenters. The topological polar surface area (TPSA) is 54.5 Å². The Hall–Kier alpha value is -0.580. The van der Waals surface area contributed by atoms with Crippen LogP contribution in [0.3, 0.4) is 0 Å². The van der Waals surface area contributed by atoms with E-state index in [2.05, 4.69) is 20.6 Å². The number of H-pyrrole nitrogens is 1. The Morgan fingerprint density at radius 1 is 1.50 bits per heavy atom. The van der Waals surface area contributed by atoms with Crippen LogP contribution < -0.4 is 0 Å². The Kier molecular flexibility index (Phi) is 2.39. The van der Waals surface area contributed by atoms with Crippen LogP contribution in [0.15, 0.2) is 6.33 Å². The van der Waals surface area contributed by atoms with E-state index in [0.717, 1.165) is 0 Å². The van der Waals surface area contributed by atoms with Gasteiger partial charge in [0.05, 0.1) is 0 Å². The first kappa shape index (κ1) is 5.42. The first-order valence-corrected chi connectivity index (χ1v) is 1.17. The molecule has 0 saturated heterocycles. The lowest BCUT2D eigenvalue weighted by atomic mass is 11.4. The van der Waals surface area contributed by atoms with E-state index < -0.39 is 0 Å². The molecule has 5 heteroatoms. The van der Waals surface area contributed by atoms with E-state index in [9.17, 15) is 0 Å². The standard InChI is InChI=1S/CH2N4.H2S/c1-2-4-5-3-1;/h1H,(H,2,3,4,5);1H2. The molecule has 1 heterocycles. The van der Waals surface area contributed by atoms with Gasteiger partial charge in [-0.25, -0.2) is 5.10 Å². The lowest BCUT2D eigenvalue weighted by molar-refractivity contribution is 0.881.